The van der Waals surface area contributed by atoms with Crippen LogP contribution in [-0.2, 0) is 0 Å². The molecule has 0 saturated heterocycles. The van der Waals surface area contributed by atoms with Gasteiger partial charge in [-0.1, -0.05) is 11.6 Å². The van der Waals surface area contributed by atoms with Gasteiger partial charge in [0.05, 0.1) is 0 Å². The predicted molar refractivity (Wildman–Crippen MR) is 58.7 cm³/mol. The van der Waals surface area contributed by atoms with E-state index in [0.29, 0.717) is 16.8 Å². The van der Waals surface area contributed by atoms with E-state index in [0.717, 1.165) is 12.8 Å². The summed E-state index contributed by atoms with van der Waals surface area (Å²) in [6.45, 7) is 0. The van der Waals surface area contributed by atoms with Crippen molar-refractivity contribution < 1.29 is 4.74 Å². The summed E-state index contributed by atoms with van der Waals surface area (Å²) in [5.74, 6) is 1.10. The van der Waals surface area contributed by atoms with Crippen molar-refractivity contribution in [3.8, 4) is 5.88 Å². The van der Waals surface area contributed by atoms with E-state index >= 15 is 0 Å². The minimum atomic E-state index is 0.269. The van der Waals surface area contributed by atoms with Crippen molar-refractivity contribution in [2.24, 2.45) is 0 Å². The van der Waals surface area contributed by atoms with E-state index < -0.39 is 0 Å². The van der Waals surface area contributed by atoms with Crippen LogP contribution < -0.4 is 4.74 Å². The lowest BCUT2D eigenvalue weighted by Gasteiger charge is -2.13. The van der Waals surface area contributed by atoms with E-state index in [2.05, 4.69) is 15.1 Å². The fraction of sp³-hybridized carbons (Fsp3) is 0.500. The molecule has 2 aromatic heterocycles. The zero-order valence-corrected chi connectivity index (χ0v) is 9.39. The molecule has 1 aliphatic carbocycles. The Kier molecular flexibility index (Phi) is 2.40. The molecule has 2 heterocycles. The molecule has 0 amide bonds. The van der Waals surface area contributed by atoms with Gasteiger partial charge in [0.25, 0.3) is 5.78 Å². The van der Waals surface area contributed by atoms with Gasteiger partial charge < -0.3 is 4.74 Å². The number of rotatable bonds is 2. The number of hydrogen-bond acceptors (Lipinski definition) is 4. The van der Waals surface area contributed by atoms with Crippen molar-refractivity contribution in [1.82, 2.24) is 19.6 Å². The predicted octanol–water partition coefficient (Wildman–Crippen LogP) is 2.10. The Morgan fingerprint density at radius 2 is 2.19 bits per heavy atom. The van der Waals surface area contributed by atoms with Crippen molar-refractivity contribution in [1.29, 1.82) is 0 Å². The minimum Gasteiger partial charge on any atom is -0.474 e. The Labute approximate surface area is 97.4 Å². The van der Waals surface area contributed by atoms with Gasteiger partial charge in [-0.05, 0) is 25.7 Å². The molecule has 0 aromatic carbocycles. The molecular weight excluding hydrogens is 228 g/mol. The number of hydrogen-bond donors (Lipinski definition) is 0. The van der Waals surface area contributed by atoms with Crippen LogP contribution in [0.15, 0.2) is 12.4 Å². The van der Waals surface area contributed by atoms with Gasteiger partial charge in [0, 0.05) is 6.07 Å². The number of ether oxygens (including phenoxy) is 1. The molecule has 84 valence electrons. The highest BCUT2D eigenvalue weighted by atomic mass is 35.5. The lowest BCUT2D eigenvalue weighted by atomic mass is 10.3. The largest absolute Gasteiger partial charge is 0.474 e. The maximum atomic E-state index is 5.89. The molecule has 0 bridgehead atoms. The first-order valence-electron chi connectivity index (χ1n) is 5.36. The molecule has 16 heavy (non-hydrogen) atoms. The summed E-state index contributed by atoms with van der Waals surface area (Å²) >= 11 is 5.89. The van der Waals surface area contributed by atoms with Gasteiger partial charge >= 0.3 is 0 Å². The summed E-state index contributed by atoms with van der Waals surface area (Å²) in [5, 5.41) is 4.44. The highest BCUT2D eigenvalue weighted by Crippen LogP contribution is 2.25. The Bertz CT molecular complexity index is 506. The fourth-order valence-electron chi connectivity index (χ4n) is 2.02. The zero-order chi connectivity index (χ0) is 11.0. The van der Waals surface area contributed by atoms with Crippen LogP contribution in [0.2, 0.25) is 5.15 Å². The van der Waals surface area contributed by atoms with E-state index in [9.17, 15) is 0 Å². The summed E-state index contributed by atoms with van der Waals surface area (Å²) < 4.78 is 7.44. The lowest BCUT2D eigenvalue weighted by Crippen LogP contribution is -2.13. The number of nitrogens with zero attached hydrogens (tertiary/aromatic N) is 4. The Morgan fingerprint density at radius 1 is 1.38 bits per heavy atom. The Balaban J connectivity index is 1.97. The number of fused-ring (bicyclic) bond motifs is 1. The topological polar surface area (TPSA) is 52.3 Å². The van der Waals surface area contributed by atoms with E-state index in [1.165, 1.54) is 19.2 Å². The van der Waals surface area contributed by atoms with Crippen LogP contribution in [-0.4, -0.2) is 25.7 Å². The molecule has 6 heteroatoms. The van der Waals surface area contributed by atoms with Crippen LogP contribution in [0, 0.1) is 0 Å². The zero-order valence-electron chi connectivity index (χ0n) is 8.64. The molecule has 0 aliphatic heterocycles. The number of aromatic nitrogens is 4. The standard InChI is InChI=1S/C10H11ClN4O/c11-8-5-9(16-7-3-1-2-4-7)15-10(14-8)12-6-13-15/h5-7H,1-4H2. The van der Waals surface area contributed by atoms with Crippen LogP contribution in [0.25, 0.3) is 5.78 Å². The van der Waals surface area contributed by atoms with Crippen LogP contribution in [0.4, 0.5) is 0 Å². The SMILES string of the molecule is Clc1cc(OC2CCCC2)n2ncnc2n1. The third kappa shape index (κ3) is 1.71. The lowest BCUT2D eigenvalue weighted by molar-refractivity contribution is 0.196. The second kappa shape index (κ2) is 3.90. The molecule has 1 saturated carbocycles. The van der Waals surface area contributed by atoms with Crippen LogP contribution in [0.3, 0.4) is 0 Å². The van der Waals surface area contributed by atoms with Gasteiger partial charge in [-0.3, -0.25) is 0 Å². The van der Waals surface area contributed by atoms with Crippen LogP contribution >= 0.6 is 11.6 Å². The first kappa shape index (κ1) is 9.84. The second-order valence-corrected chi connectivity index (χ2v) is 4.30. The minimum absolute atomic E-state index is 0.269. The fourth-order valence-corrected chi connectivity index (χ4v) is 2.19. The highest BCUT2D eigenvalue weighted by Gasteiger charge is 2.18. The Hall–Kier alpha value is -1.36. The quantitative estimate of drug-likeness (QED) is 0.752. The van der Waals surface area contributed by atoms with Crippen LogP contribution in [0.1, 0.15) is 25.7 Å². The van der Waals surface area contributed by atoms with Crippen molar-refractivity contribution in [3.05, 3.63) is 17.5 Å². The summed E-state index contributed by atoms with van der Waals surface area (Å²) in [4.78, 5) is 8.04. The molecule has 0 unspecified atom stereocenters. The van der Waals surface area contributed by atoms with Gasteiger partial charge in [0.2, 0.25) is 5.88 Å². The third-order valence-corrected chi connectivity index (χ3v) is 2.97. The van der Waals surface area contributed by atoms with Gasteiger partial charge in [-0.25, -0.2) is 0 Å². The first-order valence-corrected chi connectivity index (χ1v) is 5.74. The molecule has 2 aromatic rings. The van der Waals surface area contributed by atoms with E-state index in [1.54, 1.807) is 10.6 Å². The normalized spacial score (nSPS) is 17.1. The van der Waals surface area contributed by atoms with Crippen molar-refractivity contribution in [2.75, 3.05) is 0 Å². The van der Waals surface area contributed by atoms with Crippen molar-refractivity contribution in [3.63, 3.8) is 0 Å². The van der Waals surface area contributed by atoms with Gasteiger partial charge in [-0.2, -0.15) is 19.6 Å². The molecule has 5 nitrogen and oxygen atoms in total. The first-order chi connectivity index (χ1) is 7.83. The van der Waals surface area contributed by atoms with E-state index in [1.807, 2.05) is 0 Å². The second-order valence-electron chi connectivity index (χ2n) is 3.91. The van der Waals surface area contributed by atoms with Gasteiger partial charge in [0.1, 0.15) is 17.6 Å². The molecular formula is C10H11ClN4O. The van der Waals surface area contributed by atoms with Crippen molar-refractivity contribution in [2.45, 2.75) is 31.8 Å². The summed E-state index contributed by atoms with van der Waals surface area (Å²) in [5.41, 5.74) is 0. The van der Waals surface area contributed by atoms with E-state index in [-0.39, 0.29) is 6.10 Å². The summed E-state index contributed by atoms with van der Waals surface area (Å²) in [6.07, 6.45) is 6.35. The Morgan fingerprint density at radius 3 is 3.00 bits per heavy atom. The molecule has 1 aliphatic rings. The summed E-state index contributed by atoms with van der Waals surface area (Å²) in [7, 11) is 0. The maximum Gasteiger partial charge on any atom is 0.256 e. The average molecular weight is 239 g/mol. The van der Waals surface area contributed by atoms with Crippen LogP contribution in [0.5, 0.6) is 5.88 Å². The maximum absolute atomic E-state index is 5.89. The molecule has 1 fully saturated rings. The van der Waals surface area contributed by atoms with Gasteiger partial charge in [0.15, 0.2) is 0 Å². The monoisotopic (exact) mass is 238 g/mol. The summed E-state index contributed by atoms with van der Waals surface area (Å²) in [6, 6.07) is 1.68. The average Bonchev–Trinajstić information content (AvgIpc) is 2.87. The third-order valence-electron chi connectivity index (χ3n) is 2.78. The molecule has 0 atom stereocenters. The van der Waals surface area contributed by atoms with Crippen molar-refractivity contribution >= 4 is 17.4 Å². The van der Waals surface area contributed by atoms with Gasteiger partial charge in [-0.15, -0.1) is 0 Å². The number of halogens is 1. The van der Waals surface area contributed by atoms with E-state index in [4.69, 9.17) is 16.3 Å². The molecule has 0 radical (unpaired) electrons. The molecule has 3 rings (SSSR count). The highest BCUT2D eigenvalue weighted by molar-refractivity contribution is 6.29. The molecule has 0 spiro atoms. The molecule has 0 N–H and O–H groups in total. The smallest absolute Gasteiger partial charge is 0.256 e.